The number of esters is 1. The Morgan fingerprint density at radius 3 is 2.65 bits per heavy atom. The highest BCUT2D eigenvalue weighted by atomic mass is 16.5. The van der Waals surface area contributed by atoms with E-state index in [9.17, 15) is 20.1 Å². The van der Waals surface area contributed by atoms with Gasteiger partial charge in [0.25, 0.3) is 0 Å². The summed E-state index contributed by atoms with van der Waals surface area (Å²) in [4.78, 5) is 12.3. The zero-order valence-electron chi connectivity index (χ0n) is 13.4. The fourth-order valence-electron chi connectivity index (χ4n) is 2.75. The molecule has 5 heteroatoms. The second-order valence-corrected chi connectivity index (χ2v) is 6.06. The van der Waals surface area contributed by atoms with E-state index in [4.69, 9.17) is 4.74 Å². The molecule has 0 radical (unpaired) electrons. The number of carbonyl (C=O) groups excluding carboxylic acids is 1. The number of allylic oxidation sites excluding steroid dienone is 1. The van der Waals surface area contributed by atoms with E-state index in [0.29, 0.717) is 18.4 Å². The number of benzene rings is 1. The van der Waals surface area contributed by atoms with Gasteiger partial charge < -0.3 is 20.1 Å². The van der Waals surface area contributed by atoms with Crippen LogP contribution >= 0.6 is 0 Å². The Labute approximate surface area is 136 Å². The van der Waals surface area contributed by atoms with Crippen LogP contribution in [0.5, 0.6) is 11.5 Å². The van der Waals surface area contributed by atoms with Gasteiger partial charge in [0.15, 0.2) is 0 Å². The van der Waals surface area contributed by atoms with Crippen molar-refractivity contribution in [1.82, 2.24) is 0 Å². The molecule has 0 spiro atoms. The van der Waals surface area contributed by atoms with E-state index in [1.165, 1.54) is 6.07 Å². The Bertz CT molecular complexity index is 579. The highest BCUT2D eigenvalue weighted by Crippen LogP contribution is 2.30. The molecule has 1 unspecified atom stereocenters. The van der Waals surface area contributed by atoms with E-state index in [2.05, 4.69) is 0 Å². The molecule has 1 aromatic rings. The van der Waals surface area contributed by atoms with Gasteiger partial charge in [0.2, 0.25) is 0 Å². The van der Waals surface area contributed by atoms with Gasteiger partial charge in [-0.3, -0.25) is 0 Å². The summed E-state index contributed by atoms with van der Waals surface area (Å²) in [5.74, 6) is -1.00. The van der Waals surface area contributed by atoms with E-state index in [1.54, 1.807) is 13.0 Å². The van der Waals surface area contributed by atoms with E-state index in [-0.39, 0.29) is 29.3 Å². The lowest BCUT2D eigenvalue weighted by Crippen LogP contribution is -2.17. The third kappa shape index (κ3) is 4.99. The summed E-state index contributed by atoms with van der Waals surface area (Å²) in [5, 5.41) is 29.5. The van der Waals surface area contributed by atoms with Crippen molar-refractivity contribution in [2.45, 2.75) is 57.7 Å². The third-order valence-electron chi connectivity index (χ3n) is 4.00. The monoisotopic (exact) mass is 320 g/mol. The topological polar surface area (TPSA) is 87.0 Å². The molecule has 0 saturated carbocycles. The molecule has 2 rings (SSSR count). The molecule has 2 atom stereocenters. The van der Waals surface area contributed by atoms with Crippen LogP contribution in [-0.2, 0) is 4.74 Å². The predicted molar refractivity (Wildman–Crippen MR) is 87.4 cm³/mol. The lowest BCUT2D eigenvalue weighted by Gasteiger charge is -2.17. The summed E-state index contributed by atoms with van der Waals surface area (Å²) in [6.07, 6.45) is 7.39. The Morgan fingerprint density at radius 1 is 1.13 bits per heavy atom. The normalized spacial score (nSPS) is 23.7. The lowest BCUT2D eigenvalue weighted by atomic mass is 10.0. The van der Waals surface area contributed by atoms with Crippen LogP contribution in [0.25, 0.3) is 6.08 Å². The number of rotatable bonds is 0. The molecular formula is C18H24O5. The van der Waals surface area contributed by atoms with Gasteiger partial charge in [-0.2, -0.15) is 0 Å². The average molecular weight is 320 g/mol. The number of carbonyl (C=O) groups is 1. The predicted octanol–water partition coefficient (Wildman–Crippen LogP) is 3.37. The minimum Gasteiger partial charge on any atom is -0.508 e. The van der Waals surface area contributed by atoms with Crippen LogP contribution in [0, 0.1) is 0 Å². The summed E-state index contributed by atoms with van der Waals surface area (Å²) in [6, 6.07) is 2.57. The summed E-state index contributed by atoms with van der Waals surface area (Å²) in [6.45, 7) is 1.79. The Kier molecular flexibility index (Phi) is 6.04. The quantitative estimate of drug-likeness (QED) is 0.638. The number of phenols is 2. The maximum atomic E-state index is 12.3. The first-order chi connectivity index (χ1) is 11.0. The molecule has 23 heavy (non-hydrogen) atoms. The van der Waals surface area contributed by atoms with Gasteiger partial charge in [-0.15, -0.1) is 0 Å². The van der Waals surface area contributed by atoms with E-state index >= 15 is 0 Å². The molecule has 0 bridgehead atoms. The minimum atomic E-state index is -0.604. The van der Waals surface area contributed by atoms with Crippen molar-refractivity contribution in [3.8, 4) is 11.5 Å². The van der Waals surface area contributed by atoms with Crippen LogP contribution in [0.15, 0.2) is 18.2 Å². The maximum Gasteiger partial charge on any atom is 0.342 e. The van der Waals surface area contributed by atoms with Gasteiger partial charge in [-0.25, -0.2) is 4.79 Å². The maximum absolute atomic E-state index is 12.3. The fraction of sp³-hybridized carbons (Fsp3) is 0.500. The summed E-state index contributed by atoms with van der Waals surface area (Å²) < 4.78 is 5.38. The minimum absolute atomic E-state index is 0.0722. The summed E-state index contributed by atoms with van der Waals surface area (Å²) in [7, 11) is 0. The Balaban J connectivity index is 2.30. The molecule has 3 N–H and O–H groups in total. The SMILES string of the molecule is C[C@H]1CCCC(O)CCCC=Cc2cc(O)cc(O)c2C(=O)O1. The number of fused-ring (bicyclic) bond motifs is 1. The van der Waals surface area contributed by atoms with Gasteiger partial charge in [0, 0.05) is 6.07 Å². The first-order valence-electron chi connectivity index (χ1n) is 8.09. The van der Waals surface area contributed by atoms with Crippen molar-refractivity contribution >= 4 is 12.0 Å². The van der Waals surface area contributed by atoms with Crippen LogP contribution in [0.4, 0.5) is 0 Å². The standard InChI is InChI=1S/C18H24O5/c1-12-6-5-9-14(19)8-4-2-3-7-13-10-15(20)11-16(21)17(13)18(22)23-12/h3,7,10-12,14,19-21H,2,4-6,8-9H2,1H3/t12-,14?/m0/s1. The third-order valence-corrected chi connectivity index (χ3v) is 4.00. The molecular weight excluding hydrogens is 296 g/mol. The largest absolute Gasteiger partial charge is 0.508 e. The van der Waals surface area contributed by atoms with Crippen LogP contribution in [0.1, 0.15) is 61.4 Å². The molecule has 1 heterocycles. The average Bonchev–Trinajstić information content (AvgIpc) is 2.45. The molecule has 126 valence electrons. The molecule has 0 amide bonds. The number of aliphatic hydroxyl groups excluding tert-OH is 1. The molecule has 1 aliphatic heterocycles. The lowest BCUT2D eigenvalue weighted by molar-refractivity contribution is 0.0307. The van der Waals surface area contributed by atoms with Crippen molar-refractivity contribution in [3.63, 3.8) is 0 Å². The van der Waals surface area contributed by atoms with Gasteiger partial charge in [0.05, 0.1) is 12.2 Å². The molecule has 0 aromatic heterocycles. The van der Waals surface area contributed by atoms with Crippen molar-refractivity contribution in [2.75, 3.05) is 0 Å². The van der Waals surface area contributed by atoms with Gasteiger partial charge >= 0.3 is 5.97 Å². The van der Waals surface area contributed by atoms with E-state index < -0.39 is 5.97 Å². The fourth-order valence-corrected chi connectivity index (χ4v) is 2.75. The van der Waals surface area contributed by atoms with Gasteiger partial charge in [-0.05, 0) is 57.1 Å². The van der Waals surface area contributed by atoms with Crippen LogP contribution in [0.3, 0.4) is 0 Å². The molecule has 0 saturated heterocycles. The first kappa shape index (κ1) is 17.3. The van der Waals surface area contributed by atoms with Crippen molar-refractivity contribution in [2.24, 2.45) is 0 Å². The molecule has 0 fully saturated rings. The van der Waals surface area contributed by atoms with E-state index in [0.717, 1.165) is 31.7 Å². The smallest absolute Gasteiger partial charge is 0.342 e. The van der Waals surface area contributed by atoms with Gasteiger partial charge in [-0.1, -0.05) is 12.2 Å². The van der Waals surface area contributed by atoms with Crippen LogP contribution < -0.4 is 0 Å². The summed E-state index contributed by atoms with van der Waals surface area (Å²) >= 11 is 0. The number of hydrogen-bond acceptors (Lipinski definition) is 5. The van der Waals surface area contributed by atoms with Crippen LogP contribution in [-0.4, -0.2) is 33.5 Å². The van der Waals surface area contributed by atoms with E-state index in [1.807, 2.05) is 6.08 Å². The summed E-state index contributed by atoms with van der Waals surface area (Å²) in [5.41, 5.74) is 0.500. The first-order valence-corrected chi connectivity index (χ1v) is 8.09. The van der Waals surface area contributed by atoms with Crippen molar-refractivity contribution in [3.05, 3.63) is 29.3 Å². The highest BCUT2D eigenvalue weighted by Gasteiger charge is 2.20. The number of cyclic esters (lactones) is 1. The second kappa shape index (κ2) is 8.02. The molecule has 1 aromatic carbocycles. The van der Waals surface area contributed by atoms with Crippen molar-refractivity contribution < 1.29 is 24.9 Å². The number of hydrogen-bond donors (Lipinski definition) is 3. The molecule has 5 nitrogen and oxygen atoms in total. The zero-order valence-corrected chi connectivity index (χ0v) is 13.4. The molecule has 0 aliphatic carbocycles. The zero-order chi connectivity index (χ0) is 16.8. The number of phenolic OH excluding ortho intramolecular Hbond substituents is 2. The number of aromatic hydroxyl groups is 2. The highest BCUT2D eigenvalue weighted by molar-refractivity contribution is 5.97. The van der Waals surface area contributed by atoms with Gasteiger partial charge in [0.1, 0.15) is 17.1 Å². The Hall–Kier alpha value is -2.01. The second-order valence-electron chi connectivity index (χ2n) is 6.06. The number of ether oxygens (including phenoxy) is 1. The number of aliphatic hydroxyl groups is 1. The Morgan fingerprint density at radius 2 is 1.87 bits per heavy atom. The van der Waals surface area contributed by atoms with Crippen LogP contribution in [0.2, 0.25) is 0 Å². The van der Waals surface area contributed by atoms with Crippen molar-refractivity contribution in [1.29, 1.82) is 0 Å². The molecule has 1 aliphatic rings.